The van der Waals surface area contributed by atoms with Gasteiger partial charge < -0.3 is 4.42 Å². The van der Waals surface area contributed by atoms with Gasteiger partial charge in [-0.2, -0.15) is 0 Å². The summed E-state index contributed by atoms with van der Waals surface area (Å²) >= 11 is 0. The zero-order chi connectivity index (χ0) is 18.0. The molecule has 5 aromatic rings. The van der Waals surface area contributed by atoms with Gasteiger partial charge >= 0.3 is 0 Å². The van der Waals surface area contributed by atoms with Gasteiger partial charge in [0, 0.05) is 16.7 Å². The summed E-state index contributed by atoms with van der Waals surface area (Å²) in [7, 11) is 0. The van der Waals surface area contributed by atoms with Gasteiger partial charge in [-0.15, -0.1) is 0 Å². The molecule has 0 amide bonds. The third kappa shape index (κ3) is 2.06. The van der Waals surface area contributed by atoms with Gasteiger partial charge in [0.1, 0.15) is 11.2 Å². The molecular formula is C26H18O. The van der Waals surface area contributed by atoms with Crippen LogP contribution < -0.4 is 0 Å². The number of hydrogen-bond acceptors (Lipinski definition) is 1. The summed E-state index contributed by atoms with van der Waals surface area (Å²) in [6.45, 7) is 2.13. The topological polar surface area (TPSA) is 13.1 Å². The van der Waals surface area contributed by atoms with E-state index in [1.165, 1.54) is 44.2 Å². The van der Waals surface area contributed by atoms with Gasteiger partial charge in [0.25, 0.3) is 0 Å². The van der Waals surface area contributed by atoms with Crippen LogP contribution in [0, 0.1) is 6.92 Å². The molecule has 0 saturated heterocycles. The molecule has 4 aromatic carbocycles. The highest BCUT2D eigenvalue weighted by Crippen LogP contribution is 2.48. The normalized spacial score (nSPS) is 13.2. The van der Waals surface area contributed by atoms with Gasteiger partial charge in [0.2, 0.25) is 0 Å². The molecule has 0 aliphatic heterocycles. The van der Waals surface area contributed by atoms with Gasteiger partial charge in [-0.05, 0) is 59.0 Å². The van der Waals surface area contributed by atoms with Crippen molar-refractivity contribution >= 4 is 21.9 Å². The van der Waals surface area contributed by atoms with Crippen molar-refractivity contribution in [3.05, 3.63) is 107 Å². The van der Waals surface area contributed by atoms with Crippen LogP contribution in [0.1, 0.15) is 28.2 Å². The highest BCUT2D eigenvalue weighted by Gasteiger charge is 2.29. The highest BCUT2D eigenvalue weighted by molar-refractivity contribution is 6.05. The molecule has 0 bridgehead atoms. The summed E-state index contributed by atoms with van der Waals surface area (Å²) in [6.07, 6.45) is 0. The molecule has 1 aliphatic carbocycles. The average molecular weight is 346 g/mol. The van der Waals surface area contributed by atoms with Gasteiger partial charge in [0.05, 0.1) is 0 Å². The molecular weight excluding hydrogens is 328 g/mol. The zero-order valence-electron chi connectivity index (χ0n) is 15.1. The minimum Gasteiger partial charge on any atom is -0.456 e. The maximum absolute atomic E-state index is 6.06. The van der Waals surface area contributed by atoms with Crippen LogP contribution in [0.15, 0.2) is 89.3 Å². The van der Waals surface area contributed by atoms with Crippen LogP contribution in [0.25, 0.3) is 33.1 Å². The fourth-order valence-electron chi connectivity index (χ4n) is 4.60. The van der Waals surface area contributed by atoms with E-state index in [0.29, 0.717) is 0 Å². The lowest BCUT2D eigenvalue weighted by molar-refractivity contribution is 0.668. The van der Waals surface area contributed by atoms with Gasteiger partial charge in [-0.1, -0.05) is 66.2 Å². The van der Waals surface area contributed by atoms with E-state index in [-0.39, 0.29) is 5.92 Å². The van der Waals surface area contributed by atoms with Crippen molar-refractivity contribution in [3.8, 4) is 11.1 Å². The largest absolute Gasteiger partial charge is 0.456 e. The van der Waals surface area contributed by atoms with Crippen molar-refractivity contribution in [2.24, 2.45) is 0 Å². The minimum atomic E-state index is 0.275. The summed E-state index contributed by atoms with van der Waals surface area (Å²) in [6, 6.07) is 30.6. The first kappa shape index (κ1) is 14.8. The number of benzene rings is 4. The van der Waals surface area contributed by atoms with Crippen LogP contribution in [-0.2, 0) is 0 Å². The molecule has 0 N–H and O–H groups in total. The second kappa shape index (κ2) is 5.34. The Morgan fingerprint density at radius 3 is 1.93 bits per heavy atom. The SMILES string of the molecule is Cc1ccc2oc3ccc(C4c5ccccc5-c5ccccc54)cc3c2c1. The standard InChI is InChI=1S/C26H18O/c1-16-10-12-24-22(14-16)23-15-17(11-13-25(23)27-24)26-20-8-4-2-6-18(20)19-7-3-5-9-21(19)26/h2-15,26H,1H3. The van der Waals surface area contributed by atoms with Crippen molar-refractivity contribution in [1.82, 2.24) is 0 Å². The highest BCUT2D eigenvalue weighted by atomic mass is 16.3. The predicted molar refractivity (Wildman–Crippen MR) is 111 cm³/mol. The van der Waals surface area contributed by atoms with E-state index in [1.54, 1.807) is 0 Å². The maximum Gasteiger partial charge on any atom is 0.135 e. The summed E-state index contributed by atoms with van der Waals surface area (Å²) in [5, 5.41) is 2.40. The first-order chi connectivity index (χ1) is 13.3. The summed E-state index contributed by atoms with van der Waals surface area (Å²) in [5.41, 5.74) is 9.98. The van der Waals surface area contributed by atoms with Gasteiger partial charge in [-0.3, -0.25) is 0 Å². The van der Waals surface area contributed by atoms with Crippen LogP contribution in [-0.4, -0.2) is 0 Å². The fraction of sp³-hybridized carbons (Fsp3) is 0.0769. The number of aryl methyl sites for hydroxylation is 1. The Morgan fingerprint density at radius 1 is 0.630 bits per heavy atom. The number of hydrogen-bond donors (Lipinski definition) is 0. The number of furan rings is 1. The van der Waals surface area contributed by atoms with Crippen LogP contribution in [0.2, 0.25) is 0 Å². The predicted octanol–water partition coefficient (Wildman–Crippen LogP) is 7.06. The van der Waals surface area contributed by atoms with E-state index < -0.39 is 0 Å². The van der Waals surface area contributed by atoms with Crippen LogP contribution >= 0.6 is 0 Å². The van der Waals surface area contributed by atoms with Crippen molar-refractivity contribution in [3.63, 3.8) is 0 Å². The van der Waals surface area contributed by atoms with E-state index in [4.69, 9.17) is 4.42 Å². The van der Waals surface area contributed by atoms with Gasteiger partial charge in [0.15, 0.2) is 0 Å². The first-order valence-electron chi connectivity index (χ1n) is 9.41. The molecule has 1 heteroatoms. The summed E-state index contributed by atoms with van der Waals surface area (Å²) in [4.78, 5) is 0. The second-order valence-electron chi connectivity index (χ2n) is 7.46. The van der Waals surface area contributed by atoms with Crippen LogP contribution in [0.3, 0.4) is 0 Å². The monoisotopic (exact) mass is 346 g/mol. The Morgan fingerprint density at radius 2 is 1.22 bits per heavy atom. The summed E-state index contributed by atoms with van der Waals surface area (Å²) in [5.74, 6) is 0.275. The fourth-order valence-corrected chi connectivity index (χ4v) is 4.60. The molecule has 1 heterocycles. The third-order valence-electron chi connectivity index (χ3n) is 5.82. The molecule has 0 fully saturated rings. The Hall–Kier alpha value is -3.32. The van der Waals surface area contributed by atoms with E-state index in [9.17, 15) is 0 Å². The Balaban J connectivity index is 1.64. The van der Waals surface area contributed by atoms with Crippen molar-refractivity contribution < 1.29 is 4.42 Å². The lowest BCUT2D eigenvalue weighted by Crippen LogP contribution is -1.98. The van der Waals surface area contributed by atoms with Gasteiger partial charge in [-0.25, -0.2) is 0 Å². The second-order valence-corrected chi connectivity index (χ2v) is 7.46. The first-order valence-corrected chi connectivity index (χ1v) is 9.41. The number of fused-ring (bicyclic) bond motifs is 6. The van der Waals surface area contributed by atoms with Crippen molar-refractivity contribution in [1.29, 1.82) is 0 Å². The molecule has 1 aromatic heterocycles. The molecule has 1 aliphatic rings. The molecule has 128 valence electrons. The molecule has 27 heavy (non-hydrogen) atoms. The average Bonchev–Trinajstić information content (AvgIpc) is 3.23. The van der Waals surface area contributed by atoms with E-state index in [2.05, 4.69) is 91.9 Å². The molecule has 6 rings (SSSR count). The Bertz CT molecular complexity index is 1290. The van der Waals surface area contributed by atoms with E-state index >= 15 is 0 Å². The van der Waals surface area contributed by atoms with Crippen LogP contribution in [0.5, 0.6) is 0 Å². The zero-order valence-corrected chi connectivity index (χ0v) is 15.1. The summed E-state index contributed by atoms with van der Waals surface area (Å²) < 4.78 is 6.06. The third-order valence-corrected chi connectivity index (χ3v) is 5.82. The Labute approximate surface area is 157 Å². The van der Waals surface area contributed by atoms with Crippen LogP contribution in [0.4, 0.5) is 0 Å². The van der Waals surface area contributed by atoms with E-state index in [0.717, 1.165) is 11.2 Å². The van der Waals surface area contributed by atoms with E-state index in [1.807, 2.05) is 0 Å². The smallest absolute Gasteiger partial charge is 0.135 e. The molecule has 0 saturated carbocycles. The lowest BCUT2D eigenvalue weighted by atomic mass is 9.88. The number of rotatable bonds is 1. The molecule has 0 unspecified atom stereocenters. The van der Waals surface area contributed by atoms with Crippen molar-refractivity contribution in [2.45, 2.75) is 12.8 Å². The lowest BCUT2D eigenvalue weighted by Gasteiger charge is -2.14. The molecule has 0 spiro atoms. The Kier molecular flexibility index (Phi) is 2.93. The maximum atomic E-state index is 6.06. The quantitative estimate of drug-likeness (QED) is 0.311. The van der Waals surface area contributed by atoms with Crippen molar-refractivity contribution in [2.75, 3.05) is 0 Å². The molecule has 0 atom stereocenters. The molecule has 0 radical (unpaired) electrons. The minimum absolute atomic E-state index is 0.275. The molecule has 1 nitrogen and oxygen atoms in total.